The van der Waals surface area contributed by atoms with Gasteiger partial charge in [0, 0.05) is 5.56 Å². The zero-order valence-electron chi connectivity index (χ0n) is 12.2. The molecule has 0 amide bonds. The van der Waals surface area contributed by atoms with Crippen LogP contribution in [0.2, 0.25) is 0 Å². The summed E-state index contributed by atoms with van der Waals surface area (Å²) in [5.74, 6) is 0.825. The molecular weight excluding hydrogens is 290 g/mol. The van der Waals surface area contributed by atoms with Crippen LogP contribution in [-0.4, -0.2) is 24.3 Å². The predicted molar refractivity (Wildman–Crippen MR) is 80.0 cm³/mol. The third-order valence-corrected chi connectivity index (χ3v) is 4.40. The Morgan fingerprint density at radius 2 is 1.95 bits per heavy atom. The van der Waals surface area contributed by atoms with E-state index in [1.807, 2.05) is 38.1 Å². The molecule has 0 saturated carbocycles. The third kappa shape index (κ3) is 4.64. The summed E-state index contributed by atoms with van der Waals surface area (Å²) < 4.78 is 30.9. The Hall–Kier alpha value is -1.73. The second kappa shape index (κ2) is 6.82. The molecule has 0 aliphatic carbocycles. The van der Waals surface area contributed by atoms with Crippen molar-refractivity contribution in [3.63, 3.8) is 0 Å². The number of aromatic nitrogens is 2. The molecule has 1 aromatic heterocycles. The number of sulfonamides is 1. The highest BCUT2D eigenvalue weighted by molar-refractivity contribution is 7.89. The van der Waals surface area contributed by atoms with Crippen LogP contribution >= 0.6 is 0 Å². The molecule has 2 aromatic rings. The first-order chi connectivity index (χ1) is 10.00. The number of hydrogen-bond donors (Lipinski definition) is 1. The summed E-state index contributed by atoms with van der Waals surface area (Å²) in [6.45, 7) is 3.96. The monoisotopic (exact) mass is 309 g/mol. The lowest BCUT2D eigenvalue weighted by Crippen LogP contribution is -2.26. The molecule has 0 aliphatic rings. The smallest absolute Gasteiger partial charge is 0.242 e. The van der Waals surface area contributed by atoms with Crippen LogP contribution in [0.25, 0.3) is 11.4 Å². The number of hydrogen-bond acceptors (Lipinski definition) is 5. The Morgan fingerprint density at radius 3 is 2.62 bits per heavy atom. The highest BCUT2D eigenvalue weighted by Gasteiger charge is 2.13. The number of rotatable bonds is 7. The minimum absolute atomic E-state index is 0.0188. The van der Waals surface area contributed by atoms with E-state index in [1.165, 1.54) is 0 Å². The average Bonchev–Trinajstić information content (AvgIpc) is 2.93. The van der Waals surface area contributed by atoms with Crippen LogP contribution in [0.15, 0.2) is 28.8 Å². The van der Waals surface area contributed by atoms with Gasteiger partial charge in [-0.2, -0.15) is 4.98 Å². The Labute approximate surface area is 124 Å². The van der Waals surface area contributed by atoms with Gasteiger partial charge in [-0.25, -0.2) is 13.1 Å². The van der Waals surface area contributed by atoms with Gasteiger partial charge in [0.2, 0.25) is 21.7 Å². The Balaban J connectivity index is 1.99. The largest absolute Gasteiger partial charge is 0.338 e. The van der Waals surface area contributed by atoms with Crippen molar-refractivity contribution >= 4 is 10.0 Å². The molecule has 0 bridgehead atoms. The van der Waals surface area contributed by atoms with Gasteiger partial charge < -0.3 is 4.52 Å². The lowest BCUT2D eigenvalue weighted by molar-refractivity contribution is 0.376. The highest BCUT2D eigenvalue weighted by Crippen LogP contribution is 2.16. The van der Waals surface area contributed by atoms with Crippen molar-refractivity contribution in [3.8, 4) is 11.4 Å². The maximum absolute atomic E-state index is 11.7. The molecule has 114 valence electrons. The van der Waals surface area contributed by atoms with Crippen molar-refractivity contribution in [3.05, 3.63) is 35.7 Å². The molecule has 0 fully saturated rings. The van der Waals surface area contributed by atoms with Gasteiger partial charge in [-0.3, -0.25) is 0 Å². The van der Waals surface area contributed by atoms with Gasteiger partial charge in [-0.15, -0.1) is 0 Å². The van der Waals surface area contributed by atoms with Gasteiger partial charge in [-0.1, -0.05) is 48.3 Å². The first-order valence-corrected chi connectivity index (χ1v) is 8.52. The lowest BCUT2D eigenvalue weighted by atomic mass is 10.1. The molecule has 0 atom stereocenters. The van der Waals surface area contributed by atoms with Gasteiger partial charge in [0.15, 0.2) is 0 Å². The van der Waals surface area contributed by atoms with Crippen molar-refractivity contribution in [1.29, 1.82) is 0 Å². The predicted octanol–water partition coefficient (Wildman–Crippen LogP) is 2.26. The molecule has 21 heavy (non-hydrogen) atoms. The zero-order chi connectivity index (χ0) is 15.3. The van der Waals surface area contributed by atoms with E-state index in [4.69, 9.17) is 4.52 Å². The van der Waals surface area contributed by atoms with Gasteiger partial charge in [-0.05, 0) is 13.3 Å². The van der Waals surface area contributed by atoms with E-state index < -0.39 is 10.0 Å². The molecule has 7 heteroatoms. The quantitative estimate of drug-likeness (QED) is 0.848. The minimum atomic E-state index is -3.28. The standard InChI is InChI=1S/C14H19N3O3S/c1-3-4-9-21(18,19)15-10-13-16-14(17-20-13)12-7-5-11(2)6-8-12/h5-8,15H,3-4,9-10H2,1-2H3. The fourth-order valence-electron chi connectivity index (χ4n) is 1.72. The summed E-state index contributed by atoms with van der Waals surface area (Å²) in [6, 6.07) is 7.71. The summed E-state index contributed by atoms with van der Waals surface area (Å²) in [5.41, 5.74) is 1.98. The molecule has 0 aliphatic heterocycles. The van der Waals surface area contributed by atoms with E-state index in [1.54, 1.807) is 0 Å². The van der Waals surface area contributed by atoms with E-state index in [0.29, 0.717) is 12.2 Å². The lowest BCUT2D eigenvalue weighted by Gasteiger charge is -2.02. The second-order valence-corrected chi connectivity index (χ2v) is 6.80. The number of nitrogens with one attached hydrogen (secondary N) is 1. The van der Waals surface area contributed by atoms with Crippen molar-refractivity contribution in [1.82, 2.24) is 14.9 Å². The maximum Gasteiger partial charge on any atom is 0.242 e. The van der Waals surface area contributed by atoms with Gasteiger partial charge in [0.05, 0.1) is 12.3 Å². The van der Waals surface area contributed by atoms with E-state index in [2.05, 4.69) is 14.9 Å². The van der Waals surface area contributed by atoms with Gasteiger partial charge >= 0.3 is 0 Å². The number of benzene rings is 1. The first-order valence-electron chi connectivity index (χ1n) is 6.87. The summed E-state index contributed by atoms with van der Waals surface area (Å²) >= 11 is 0. The average molecular weight is 309 g/mol. The van der Waals surface area contributed by atoms with Crippen LogP contribution in [0.1, 0.15) is 31.2 Å². The molecule has 1 N–H and O–H groups in total. The van der Waals surface area contributed by atoms with Crippen LogP contribution in [0, 0.1) is 6.92 Å². The fraction of sp³-hybridized carbons (Fsp3) is 0.429. The molecule has 6 nitrogen and oxygen atoms in total. The molecule has 2 rings (SSSR count). The van der Waals surface area contributed by atoms with Crippen molar-refractivity contribution in [2.75, 3.05) is 5.75 Å². The van der Waals surface area contributed by atoms with E-state index in [-0.39, 0.29) is 18.2 Å². The SMILES string of the molecule is CCCCS(=O)(=O)NCc1nc(-c2ccc(C)cc2)no1. The van der Waals surface area contributed by atoms with Gasteiger partial charge in [0.25, 0.3) is 0 Å². The number of aryl methyl sites for hydroxylation is 1. The Morgan fingerprint density at radius 1 is 1.24 bits per heavy atom. The molecule has 0 saturated heterocycles. The van der Waals surface area contributed by atoms with Crippen molar-refractivity contribution in [2.24, 2.45) is 0 Å². The molecule has 1 aromatic carbocycles. The summed E-state index contributed by atoms with van der Waals surface area (Å²) in [5, 5.41) is 3.86. The Bertz CT molecular complexity index is 678. The van der Waals surface area contributed by atoms with Gasteiger partial charge in [0.1, 0.15) is 0 Å². The first kappa shape index (κ1) is 15.7. The summed E-state index contributed by atoms with van der Waals surface area (Å²) in [7, 11) is -3.28. The summed E-state index contributed by atoms with van der Waals surface area (Å²) in [6.07, 6.45) is 1.47. The normalized spacial score (nSPS) is 11.7. The zero-order valence-corrected chi connectivity index (χ0v) is 13.0. The number of nitrogens with zero attached hydrogens (tertiary/aromatic N) is 2. The second-order valence-electron chi connectivity index (χ2n) is 4.87. The molecule has 0 spiro atoms. The fourth-order valence-corrected chi connectivity index (χ4v) is 2.88. The van der Waals surface area contributed by atoms with Crippen LogP contribution in [0.3, 0.4) is 0 Å². The van der Waals surface area contributed by atoms with E-state index in [0.717, 1.165) is 17.5 Å². The third-order valence-electron chi connectivity index (χ3n) is 2.99. The topological polar surface area (TPSA) is 85.1 Å². The summed E-state index contributed by atoms with van der Waals surface area (Å²) in [4.78, 5) is 4.19. The molecule has 0 radical (unpaired) electrons. The Kier molecular flexibility index (Phi) is 5.08. The van der Waals surface area contributed by atoms with Crippen LogP contribution in [0.4, 0.5) is 0 Å². The van der Waals surface area contributed by atoms with Crippen LogP contribution in [0.5, 0.6) is 0 Å². The minimum Gasteiger partial charge on any atom is -0.338 e. The van der Waals surface area contributed by atoms with E-state index >= 15 is 0 Å². The molecule has 1 heterocycles. The van der Waals surface area contributed by atoms with Crippen molar-refractivity contribution in [2.45, 2.75) is 33.2 Å². The maximum atomic E-state index is 11.7. The highest BCUT2D eigenvalue weighted by atomic mass is 32.2. The number of unbranched alkanes of at least 4 members (excludes halogenated alkanes) is 1. The van der Waals surface area contributed by atoms with Crippen LogP contribution < -0.4 is 4.72 Å². The van der Waals surface area contributed by atoms with E-state index in [9.17, 15) is 8.42 Å². The molecular formula is C14H19N3O3S. The van der Waals surface area contributed by atoms with Crippen LogP contribution in [-0.2, 0) is 16.6 Å². The van der Waals surface area contributed by atoms with Crippen molar-refractivity contribution < 1.29 is 12.9 Å². The molecule has 0 unspecified atom stereocenters.